The Morgan fingerprint density at radius 3 is 2.04 bits per heavy atom. The molecule has 0 N–H and O–H groups in total. The Labute approximate surface area is 178 Å². The number of rotatable bonds is 10. The lowest BCUT2D eigenvalue weighted by Gasteiger charge is -2.54. The quantitative estimate of drug-likeness (QED) is 0.328. The Balaban J connectivity index is 2.21. The molecule has 10 unspecified atom stereocenters. The summed E-state index contributed by atoms with van der Waals surface area (Å²) in [5, 5.41) is 0. The van der Waals surface area contributed by atoms with Gasteiger partial charge in [-0.3, -0.25) is 0 Å². The molecule has 2 rings (SSSR count). The predicted octanol–water partition coefficient (Wildman–Crippen LogP) is 8.87. The molecule has 0 aromatic heterocycles. The maximum atomic E-state index is 2.69. The van der Waals surface area contributed by atoms with Gasteiger partial charge in [-0.15, -0.1) is 0 Å². The van der Waals surface area contributed by atoms with Crippen LogP contribution in [0.4, 0.5) is 0 Å². The summed E-state index contributed by atoms with van der Waals surface area (Å²) in [6.45, 7) is 24.8. The number of allylic oxidation sites excluding steroid dienone is 2. The fourth-order valence-corrected chi connectivity index (χ4v) is 7.04. The fraction of sp³-hybridized carbons (Fsp3) is 0.929. The zero-order valence-electron chi connectivity index (χ0n) is 21.0. The highest BCUT2D eigenvalue weighted by molar-refractivity contribution is 5.10. The van der Waals surface area contributed by atoms with E-state index >= 15 is 0 Å². The molecule has 28 heavy (non-hydrogen) atoms. The Bertz CT molecular complexity index is 500. The van der Waals surface area contributed by atoms with Crippen LogP contribution >= 0.6 is 0 Å². The second-order valence-corrected chi connectivity index (χ2v) is 11.5. The molecule has 0 aromatic rings. The molecule has 0 aromatic carbocycles. The van der Waals surface area contributed by atoms with Gasteiger partial charge >= 0.3 is 0 Å². The van der Waals surface area contributed by atoms with Crippen molar-refractivity contribution in [1.29, 1.82) is 0 Å². The van der Waals surface area contributed by atoms with Gasteiger partial charge in [0.2, 0.25) is 0 Å². The molecule has 0 aliphatic heterocycles. The van der Waals surface area contributed by atoms with Gasteiger partial charge < -0.3 is 0 Å². The van der Waals surface area contributed by atoms with E-state index in [-0.39, 0.29) is 0 Å². The van der Waals surface area contributed by atoms with Gasteiger partial charge in [0.25, 0.3) is 0 Å². The summed E-state index contributed by atoms with van der Waals surface area (Å²) in [7, 11) is 0. The van der Waals surface area contributed by atoms with Crippen LogP contribution in [0.3, 0.4) is 0 Å². The lowest BCUT2D eigenvalue weighted by molar-refractivity contribution is -0.0589. The Morgan fingerprint density at radius 2 is 1.61 bits per heavy atom. The van der Waals surface area contributed by atoms with Crippen molar-refractivity contribution < 1.29 is 0 Å². The fourth-order valence-electron chi connectivity index (χ4n) is 7.04. The first-order chi connectivity index (χ1) is 13.1. The van der Waals surface area contributed by atoms with Crippen molar-refractivity contribution in [3.63, 3.8) is 0 Å². The van der Waals surface area contributed by atoms with Crippen molar-refractivity contribution in [1.82, 2.24) is 0 Å². The molecule has 2 saturated carbocycles. The third-order valence-corrected chi connectivity index (χ3v) is 9.89. The molecule has 0 heteroatoms. The van der Waals surface area contributed by atoms with Gasteiger partial charge in [-0.05, 0) is 91.3 Å². The second-order valence-electron chi connectivity index (χ2n) is 11.5. The van der Waals surface area contributed by atoms with Crippen LogP contribution in [0.2, 0.25) is 0 Å². The number of hydrogen-bond acceptors (Lipinski definition) is 0. The standard InChI is InChI=1S/C28H52/c1-11-24(17(3)4)15-19(6)27(16-25-14-13-18(25)5)21(8)23(10)28-22(9)20(7)26(28)12-2/h15,17-18,20-28H,11-14,16H2,1-10H3. The average Bonchev–Trinajstić information content (AvgIpc) is 2.66. The summed E-state index contributed by atoms with van der Waals surface area (Å²) >= 11 is 0. The van der Waals surface area contributed by atoms with E-state index in [0.717, 1.165) is 65.1 Å². The summed E-state index contributed by atoms with van der Waals surface area (Å²) in [4.78, 5) is 0. The van der Waals surface area contributed by atoms with Crippen LogP contribution in [0.5, 0.6) is 0 Å². The predicted molar refractivity (Wildman–Crippen MR) is 126 cm³/mol. The zero-order valence-corrected chi connectivity index (χ0v) is 21.0. The van der Waals surface area contributed by atoms with Crippen LogP contribution in [0.15, 0.2) is 11.6 Å². The smallest absolute Gasteiger partial charge is 0.0175 e. The molecule has 10 atom stereocenters. The summed E-state index contributed by atoms with van der Waals surface area (Å²) in [5.41, 5.74) is 1.71. The molecule has 2 fully saturated rings. The number of hydrogen-bond donors (Lipinski definition) is 0. The summed E-state index contributed by atoms with van der Waals surface area (Å²) < 4.78 is 0. The molecular formula is C28H52. The van der Waals surface area contributed by atoms with Crippen LogP contribution in [0, 0.1) is 65.1 Å². The lowest BCUT2D eigenvalue weighted by atomic mass is 9.50. The zero-order chi connectivity index (χ0) is 21.2. The van der Waals surface area contributed by atoms with Crippen molar-refractivity contribution in [2.75, 3.05) is 0 Å². The van der Waals surface area contributed by atoms with E-state index in [2.05, 4.69) is 75.3 Å². The van der Waals surface area contributed by atoms with E-state index in [0.29, 0.717) is 0 Å². The van der Waals surface area contributed by atoms with Gasteiger partial charge in [-0.1, -0.05) is 86.8 Å². The Kier molecular flexibility index (Phi) is 8.72. The van der Waals surface area contributed by atoms with Gasteiger partial charge in [0.05, 0.1) is 0 Å². The molecule has 164 valence electrons. The highest BCUT2D eigenvalue weighted by atomic mass is 14.5. The first kappa shape index (κ1) is 24.0. The first-order valence-corrected chi connectivity index (χ1v) is 12.8. The van der Waals surface area contributed by atoms with Gasteiger partial charge in [-0.25, -0.2) is 0 Å². The largest absolute Gasteiger partial charge is 0.0820 e. The minimum Gasteiger partial charge on any atom is -0.0820 e. The minimum atomic E-state index is 0.745. The third-order valence-electron chi connectivity index (χ3n) is 9.89. The summed E-state index contributed by atoms with van der Waals surface area (Å²) in [5.74, 6) is 9.61. The Hall–Kier alpha value is -0.260. The maximum absolute atomic E-state index is 2.69. The summed E-state index contributed by atoms with van der Waals surface area (Å²) in [6, 6.07) is 0. The van der Waals surface area contributed by atoms with Crippen molar-refractivity contribution in [2.24, 2.45) is 65.1 Å². The average molecular weight is 389 g/mol. The SMILES string of the molecule is CCC(C=C(C)C(CC1CCC1C)C(C)C(C)C1C(C)C(C)C1CC)C(C)C. The van der Waals surface area contributed by atoms with Crippen molar-refractivity contribution in [3.05, 3.63) is 11.6 Å². The van der Waals surface area contributed by atoms with E-state index in [1.807, 2.05) is 0 Å². The van der Waals surface area contributed by atoms with Crippen molar-refractivity contribution in [2.45, 2.75) is 101 Å². The molecule has 0 heterocycles. The van der Waals surface area contributed by atoms with Crippen LogP contribution in [0.1, 0.15) is 101 Å². The monoisotopic (exact) mass is 388 g/mol. The topological polar surface area (TPSA) is 0 Å². The molecule has 2 aliphatic carbocycles. The van der Waals surface area contributed by atoms with Gasteiger partial charge in [-0.2, -0.15) is 0 Å². The lowest BCUT2D eigenvalue weighted by Crippen LogP contribution is -2.49. The molecule has 0 radical (unpaired) electrons. The van der Waals surface area contributed by atoms with Crippen LogP contribution < -0.4 is 0 Å². The van der Waals surface area contributed by atoms with E-state index < -0.39 is 0 Å². The molecule has 0 nitrogen and oxygen atoms in total. The van der Waals surface area contributed by atoms with E-state index in [9.17, 15) is 0 Å². The third kappa shape index (κ3) is 4.89. The summed E-state index contributed by atoms with van der Waals surface area (Å²) in [6.07, 6.45) is 9.71. The van der Waals surface area contributed by atoms with Crippen LogP contribution in [-0.2, 0) is 0 Å². The molecule has 0 saturated heterocycles. The highest BCUT2D eigenvalue weighted by Gasteiger charge is 2.48. The van der Waals surface area contributed by atoms with Gasteiger partial charge in [0, 0.05) is 0 Å². The van der Waals surface area contributed by atoms with Crippen molar-refractivity contribution >= 4 is 0 Å². The highest BCUT2D eigenvalue weighted by Crippen LogP contribution is 2.54. The van der Waals surface area contributed by atoms with Crippen LogP contribution in [-0.4, -0.2) is 0 Å². The van der Waals surface area contributed by atoms with E-state index in [1.54, 1.807) is 5.57 Å². The minimum absolute atomic E-state index is 0.745. The molecule has 0 spiro atoms. The van der Waals surface area contributed by atoms with Crippen molar-refractivity contribution in [3.8, 4) is 0 Å². The maximum Gasteiger partial charge on any atom is -0.0175 e. The normalized spacial score (nSPS) is 37.8. The molecule has 0 bridgehead atoms. The van der Waals surface area contributed by atoms with Crippen LogP contribution in [0.25, 0.3) is 0 Å². The molecule has 0 amide bonds. The van der Waals surface area contributed by atoms with E-state index in [1.165, 1.54) is 32.1 Å². The molecule has 2 aliphatic rings. The Morgan fingerprint density at radius 1 is 0.964 bits per heavy atom. The second kappa shape index (κ2) is 10.2. The van der Waals surface area contributed by atoms with Gasteiger partial charge in [0.15, 0.2) is 0 Å². The first-order valence-electron chi connectivity index (χ1n) is 12.8. The van der Waals surface area contributed by atoms with Gasteiger partial charge in [0.1, 0.15) is 0 Å². The molecular weight excluding hydrogens is 336 g/mol. The van der Waals surface area contributed by atoms with E-state index in [4.69, 9.17) is 0 Å².